The van der Waals surface area contributed by atoms with Crippen molar-refractivity contribution in [3.63, 3.8) is 0 Å². The van der Waals surface area contributed by atoms with Gasteiger partial charge in [0.1, 0.15) is 22.3 Å². The third-order valence-electron chi connectivity index (χ3n) is 11.1. The van der Waals surface area contributed by atoms with Crippen LogP contribution in [-0.2, 0) is 0 Å². The Bertz CT molecular complexity index is 3590. The van der Waals surface area contributed by atoms with Crippen molar-refractivity contribution in [1.82, 2.24) is 9.13 Å². The lowest BCUT2D eigenvalue weighted by molar-refractivity contribution is 0.669. The van der Waals surface area contributed by atoms with E-state index in [1.165, 1.54) is 10.8 Å². The summed E-state index contributed by atoms with van der Waals surface area (Å²) >= 11 is 0. The van der Waals surface area contributed by atoms with Crippen LogP contribution in [0.5, 0.6) is 0 Å². The van der Waals surface area contributed by atoms with Gasteiger partial charge in [0.2, 0.25) is 0 Å². The molecule has 0 aliphatic heterocycles. The Kier molecular flexibility index (Phi) is 5.78. The predicted molar refractivity (Wildman–Crippen MR) is 221 cm³/mol. The van der Waals surface area contributed by atoms with Crippen LogP contribution in [-0.4, -0.2) is 9.13 Å². The molecule has 0 saturated heterocycles. The highest BCUT2D eigenvalue weighted by Crippen LogP contribution is 2.45. The van der Waals surface area contributed by atoms with Crippen molar-refractivity contribution in [3.8, 4) is 22.5 Å². The van der Waals surface area contributed by atoms with Crippen LogP contribution >= 0.6 is 0 Å². The summed E-state index contributed by atoms with van der Waals surface area (Å²) in [6.07, 6.45) is 0. The molecule has 0 atom stereocenters. The topological polar surface area (TPSA) is 40.5 Å². The Balaban J connectivity index is 1.14. The summed E-state index contributed by atoms with van der Waals surface area (Å²) in [6.45, 7) is 8.25. The van der Waals surface area contributed by atoms with Crippen molar-refractivity contribution < 1.29 is 8.83 Å². The van der Waals surface area contributed by atoms with Gasteiger partial charge in [0.25, 0.3) is 0 Å². The average Bonchev–Trinajstić information content (AvgIpc) is 3.98. The number of furan rings is 2. The van der Waals surface area contributed by atoms with E-state index in [9.17, 15) is 0 Å². The number of benzene rings is 8. The summed E-state index contributed by atoms with van der Waals surface area (Å²) in [7, 11) is 0. The molecule has 0 amide bonds. The van der Waals surface area contributed by atoms with Crippen molar-refractivity contribution in [3.05, 3.63) is 175 Å². The van der Waals surface area contributed by atoms with Crippen molar-refractivity contribution >= 4 is 93.2 Å². The zero-order valence-electron chi connectivity index (χ0n) is 28.7. The van der Waals surface area contributed by atoms with Gasteiger partial charge in [-0.2, -0.15) is 0 Å². The molecule has 0 fully saturated rings. The van der Waals surface area contributed by atoms with Crippen molar-refractivity contribution in [2.75, 3.05) is 0 Å². The quantitative estimate of drug-likeness (QED) is 0.173. The lowest BCUT2D eigenvalue weighted by atomic mass is 10.0. The molecule has 0 aliphatic carbocycles. The highest BCUT2D eigenvalue weighted by Gasteiger charge is 2.22. The third-order valence-corrected chi connectivity index (χ3v) is 11.1. The maximum Gasteiger partial charge on any atom is 0.189 e. The van der Waals surface area contributed by atoms with E-state index in [4.69, 9.17) is 15.4 Å². The fourth-order valence-electron chi connectivity index (χ4n) is 8.94. The summed E-state index contributed by atoms with van der Waals surface area (Å²) in [4.78, 5) is 4.02. The Morgan fingerprint density at radius 1 is 0.407 bits per heavy atom. The Morgan fingerprint density at radius 3 is 1.56 bits per heavy atom. The minimum Gasteiger partial charge on any atom is -0.456 e. The molecule has 4 heterocycles. The first-order valence-corrected chi connectivity index (χ1v) is 18.0. The maximum absolute atomic E-state index is 8.25. The number of fused-ring (bicyclic) bond motifs is 14. The predicted octanol–water partition coefficient (Wildman–Crippen LogP) is 13.9. The van der Waals surface area contributed by atoms with Gasteiger partial charge in [0.15, 0.2) is 5.69 Å². The standard InChI is InChI=1S/C49H27N3O2/c1-50-30-26-29(27-31(28-30)51-38-18-8-3-13-33(38)46-40(51)22-24-44-48(46)35-15-5-10-20-42(35)53-44)32-12-2-7-17-37(32)52-39-19-9-4-14-34(39)47-41(52)23-25-45-49(47)36-16-6-11-21-43(36)54-45/h2-28H. The molecule has 0 unspecified atom stereocenters. The normalized spacial score (nSPS) is 12.1. The highest BCUT2D eigenvalue weighted by molar-refractivity contribution is 6.28. The van der Waals surface area contributed by atoms with Gasteiger partial charge in [0, 0.05) is 54.3 Å². The summed E-state index contributed by atoms with van der Waals surface area (Å²) < 4.78 is 17.3. The smallest absolute Gasteiger partial charge is 0.189 e. The maximum atomic E-state index is 8.25. The van der Waals surface area contributed by atoms with Crippen LogP contribution in [0.2, 0.25) is 0 Å². The summed E-state index contributed by atoms with van der Waals surface area (Å²) in [6, 6.07) is 56.9. The van der Waals surface area contributed by atoms with Crippen molar-refractivity contribution in [2.24, 2.45) is 0 Å². The molecule has 0 aliphatic rings. The molecule has 12 aromatic rings. The molecule has 4 aromatic heterocycles. The Morgan fingerprint density at radius 2 is 0.926 bits per heavy atom. The van der Waals surface area contributed by atoms with E-state index < -0.39 is 0 Å². The number of hydrogen-bond donors (Lipinski definition) is 0. The van der Waals surface area contributed by atoms with Gasteiger partial charge in [-0.25, -0.2) is 4.85 Å². The number of aromatic nitrogens is 2. The molecule has 8 aromatic carbocycles. The molecule has 0 bridgehead atoms. The number of nitrogens with zero attached hydrogens (tertiary/aromatic N) is 3. The first-order valence-electron chi connectivity index (χ1n) is 18.0. The summed E-state index contributed by atoms with van der Waals surface area (Å²) in [5, 5.41) is 9.05. The molecule has 0 N–H and O–H groups in total. The first-order chi connectivity index (χ1) is 26.7. The molecule has 0 spiro atoms. The zero-order valence-corrected chi connectivity index (χ0v) is 28.7. The van der Waals surface area contributed by atoms with Crippen LogP contribution in [0.15, 0.2) is 173 Å². The lowest BCUT2D eigenvalue weighted by Gasteiger charge is -2.16. The fraction of sp³-hybridized carbons (Fsp3) is 0. The van der Waals surface area contributed by atoms with E-state index >= 15 is 0 Å². The molecule has 0 saturated carbocycles. The van der Waals surface area contributed by atoms with Crippen LogP contribution in [0.3, 0.4) is 0 Å². The average molecular weight is 690 g/mol. The van der Waals surface area contributed by atoms with Gasteiger partial charge in [-0.1, -0.05) is 91.0 Å². The van der Waals surface area contributed by atoms with E-state index in [1.807, 2.05) is 36.4 Å². The van der Waals surface area contributed by atoms with E-state index in [1.54, 1.807) is 0 Å². The van der Waals surface area contributed by atoms with E-state index in [2.05, 4.69) is 141 Å². The Labute approximate surface area is 307 Å². The first kappa shape index (κ1) is 29.1. The van der Waals surface area contributed by atoms with Crippen molar-refractivity contribution in [1.29, 1.82) is 0 Å². The third kappa shape index (κ3) is 3.86. The molecular weight excluding hydrogens is 663 g/mol. The highest BCUT2D eigenvalue weighted by atomic mass is 16.3. The minimum absolute atomic E-state index is 0.576. The van der Waals surface area contributed by atoms with Crippen LogP contribution in [0, 0.1) is 6.57 Å². The number of rotatable bonds is 3. The van der Waals surface area contributed by atoms with Gasteiger partial charge in [-0.05, 0) is 78.4 Å². The largest absolute Gasteiger partial charge is 0.456 e. The molecule has 250 valence electrons. The van der Waals surface area contributed by atoms with Crippen LogP contribution < -0.4 is 0 Å². The monoisotopic (exact) mass is 689 g/mol. The van der Waals surface area contributed by atoms with Crippen LogP contribution in [0.4, 0.5) is 5.69 Å². The van der Waals surface area contributed by atoms with Gasteiger partial charge < -0.3 is 18.0 Å². The SMILES string of the molecule is [C-]#[N+]c1cc(-c2ccccc2-n2c3ccccc3c3c4c(ccc32)oc2ccccc24)cc(-n2c3ccccc3c3c4c(ccc32)oc2ccccc24)c1. The molecule has 0 radical (unpaired) electrons. The summed E-state index contributed by atoms with van der Waals surface area (Å²) in [5.41, 5.74) is 12.4. The summed E-state index contributed by atoms with van der Waals surface area (Å²) in [5.74, 6) is 0. The molecule has 12 rings (SSSR count). The fourth-order valence-corrected chi connectivity index (χ4v) is 8.94. The van der Waals surface area contributed by atoms with Gasteiger partial charge in [0.05, 0.1) is 34.3 Å². The second-order valence-electron chi connectivity index (χ2n) is 13.9. The molecule has 5 nitrogen and oxygen atoms in total. The minimum atomic E-state index is 0.576. The number of para-hydroxylation sites is 5. The molecular formula is C49H27N3O2. The van der Waals surface area contributed by atoms with E-state index in [0.29, 0.717) is 5.69 Å². The second kappa shape index (κ2) is 10.7. The van der Waals surface area contributed by atoms with Gasteiger partial charge >= 0.3 is 0 Å². The van der Waals surface area contributed by atoms with Gasteiger partial charge in [-0.15, -0.1) is 0 Å². The van der Waals surface area contributed by atoms with Gasteiger partial charge in [-0.3, -0.25) is 0 Å². The van der Waals surface area contributed by atoms with E-state index in [0.717, 1.165) is 99.2 Å². The van der Waals surface area contributed by atoms with Crippen molar-refractivity contribution in [2.45, 2.75) is 0 Å². The van der Waals surface area contributed by atoms with Crippen LogP contribution in [0.1, 0.15) is 0 Å². The Hall–Kier alpha value is -7.55. The lowest BCUT2D eigenvalue weighted by Crippen LogP contribution is -1.98. The molecule has 5 heteroatoms. The van der Waals surface area contributed by atoms with E-state index in [-0.39, 0.29) is 0 Å². The zero-order chi connectivity index (χ0) is 35.5. The second-order valence-corrected chi connectivity index (χ2v) is 13.9. The molecule has 54 heavy (non-hydrogen) atoms. The van der Waals surface area contributed by atoms with Crippen LogP contribution in [0.25, 0.3) is 115 Å². The number of hydrogen-bond acceptors (Lipinski definition) is 2.